The molecule has 1 aromatic rings. The predicted octanol–water partition coefficient (Wildman–Crippen LogP) is 1.79. The maximum atomic E-state index is 11.6. The highest BCUT2D eigenvalue weighted by atomic mass is 16.2. The van der Waals surface area contributed by atoms with Crippen LogP contribution in [0.5, 0.6) is 0 Å². The van der Waals surface area contributed by atoms with E-state index in [0.29, 0.717) is 12.1 Å². The molecule has 0 aromatic heterocycles. The van der Waals surface area contributed by atoms with Gasteiger partial charge in [0.2, 0.25) is 5.91 Å². The molecule has 15 heavy (non-hydrogen) atoms. The number of carbonyl (C=O) groups is 2. The Morgan fingerprint density at radius 1 is 1.13 bits per heavy atom. The summed E-state index contributed by atoms with van der Waals surface area (Å²) in [7, 11) is 0. The van der Waals surface area contributed by atoms with E-state index in [-0.39, 0.29) is 24.5 Å². The van der Waals surface area contributed by atoms with Gasteiger partial charge in [-0.2, -0.15) is 0 Å². The van der Waals surface area contributed by atoms with Gasteiger partial charge in [-0.15, -0.1) is 0 Å². The summed E-state index contributed by atoms with van der Waals surface area (Å²) in [6.07, 6.45) is 0.539. The monoisotopic (exact) mass is 205 g/mol. The van der Waals surface area contributed by atoms with Gasteiger partial charge >= 0.3 is 0 Å². The van der Waals surface area contributed by atoms with E-state index >= 15 is 0 Å². The first-order valence-corrected chi connectivity index (χ1v) is 5.09. The molecule has 0 fully saturated rings. The maximum Gasteiger partial charge on any atom is 0.220 e. The van der Waals surface area contributed by atoms with Gasteiger partial charge < -0.3 is 5.32 Å². The number of benzene rings is 1. The number of amides is 1. The molecule has 80 valence electrons. The van der Waals surface area contributed by atoms with Crippen LogP contribution in [-0.4, -0.2) is 18.2 Å². The molecule has 0 atom stereocenters. The van der Waals surface area contributed by atoms with Crippen LogP contribution in [0.1, 0.15) is 30.1 Å². The van der Waals surface area contributed by atoms with E-state index in [2.05, 4.69) is 5.32 Å². The van der Waals surface area contributed by atoms with Crippen LogP contribution in [0.4, 0.5) is 0 Å². The smallest absolute Gasteiger partial charge is 0.220 e. The van der Waals surface area contributed by atoms with Crippen molar-refractivity contribution in [3.05, 3.63) is 35.9 Å². The Kier molecular flexibility index (Phi) is 4.54. The van der Waals surface area contributed by atoms with Crippen LogP contribution in [0.3, 0.4) is 0 Å². The molecule has 0 aliphatic carbocycles. The highest BCUT2D eigenvalue weighted by molar-refractivity contribution is 5.97. The molecule has 1 N–H and O–H groups in total. The Labute approximate surface area is 89.5 Å². The number of rotatable bonds is 5. The third kappa shape index (κ3) is 3.94. The molecule has 0 bridgehead atoms. The van der Waals surface area contributed by atoms with Crippen LogP contribution < -0.4 is 5.32 Å². The van der Waals surface area contributed by atoms with Gasteiger partial charge in [0.05, 0.1) is 0 Å². The largest absolute Gasteiger partial charge is 0.356 e. The molecule has 0 unspecified atom stereocenters. The quantitative estimate of drug-likeness (QED) is 0.745. The van der Waals surface area contributed by atoms with E-state index in [0.717, 1.165) is 0 Å². The minimum absolute atomic E-state index is 0.0156. The standard InChI is InChI=1S/C12H15NO2/c1-2-13-12(15)9-8-11(14)10-6-4-3-5-7-10/h3-7H,2,8-9H2,1H3,(H,13,15). The number of hydrogen-bond donors (Lipinski definition) is 1. The molecule has 3 heteroatoms. The van der Waals surface area contributed by atoms with Gasteiger partial charge in [-0.3, -0.25) is 9.59 Å². The summed E-state index contributed by atoms with van der Waals surface area (Å²) in [5.41, 5.74) is 0.668. The Morgan fingerprint density at radius 2 is 1.80 bits per heavy atom. The molecule has 0 aliphatic heterocycles. The zero-order chi connectivity index (χ0) is 11.1. The zero-order valence-electron chi connectivity index (χ0n) is 8.82. The topological polar surface area (TPSA) is 46.2 Å². The van der Waals surface area contributed by atoms with Gasteiger partial charge in [-0.1, -0.05) is 30.3 Å². The summed E-state index contributed by atoms with van der Waals surface area (Å²) in [5, 5.41) is 2.66. The molecule has 1 aromatic carbocycles. The second-order valence-electron chi connectivity index (χ2n) is 3.24. The van der Waals surface area contributed by atoms with Crippen molar-refractivity contribution in [1.29, 1.82) is 0 Å². The molecular weight excluding hydrogens is 190 g/mol. The highest BCUT2D eigenvalue weighted by Gasteiger charge is 2.07. The summed E-state index contributed by atoms with van der Waals surface area (Å²) in [6, 6.07) is 9.03. The summed E-state index contributed by atoms with van der Waals surface area (Å²) < 4.78 is 0. The second kappa shape index (κ2) is 5.96. The lowest BCUT2D eigenvalue weighted by atomic mass is 10.1. The van der Waals surface area contributed by atoms with E-state index in [1.165, 1.54) is 0 Å². The number of hydrogen-bond acceptors (Lipinski definition) is 2. The first-order chi connectivity index (χ1) is 7.24. The van der Waals surface area contributed by atoms with Gasteiger partial charge in [0, 0.05) is 24.9 Å². The van der Waals surface area contributed by atoms with Crippen molar-refractivity contribution >= 4 is 11.7 Å². The van der Waals surface area contributed by atoms with Crippen molar-refractivity contribution in [2.45, 2.75) is 19.8 Å². The normalized spacial score (nSPS) is 9.67. The fourth-order valence-electron chi connectivity index (χ4n) is 1.28. The van der Waals surface area contributed by atoms with Crippen molar-refractivity contribution in [3.8, 4) is 0 Å². The third-order valence-corrected chi connectivity index (χ3v) is 2.05. The second-order valence-corrected chi connectivity index (χ2v) is 3.24. The van der Waals surface area contributed by atoms with E-state index in [9.17, 15) is 9.59 Å². The van der Waals surface area contributed by atoms with Crippen LogP contribution in [0.25, 0.3) is 0 Å². The van der Waals surface area contributed by atoms with Gasteiger partial charge in [0.1, 0.15) is 0 Å². The lowest BCUT2D eigenvalue weighted by molar-refractivity contribution is -0.120. The number of Topliss-reactive ketones (excluding diaryl/α,β-unsaturated/α-hetero) is 1. The molecule has 0 saturated carbocycles. The molecule has 0 saturated heterocycles. The van der Waals surface area contributed by atoms with E-state index in [1.807, 2.05) is 25.1 Å². The Bertz CT molecular complexity index is 333. The molecule has 0 radical (unpaired) electrons. The Balaban J connectivity index is 2.40. The van der Waals surface area contributed by atoms with E-state index in [4.69, 9.17) is 0 Å². The first-order valence-electron chi connectivity index (χ1n) is 5.09. The highest BCUT2D eigenvalue weighted by Crippen LogP contribution is 2.04. The molecule has 0 heterocycles. The van der Waals surface area contributed by atoms with Crippen molar-refractivity contribution in [2.24, 2.45) is 0 Å². The molecule has 3 nitrogen and oxygen atoms in total. The van der Waals surface area contributed by atoms with Crippen LogP contribution in [0.2, 0.25) is 0 Å². The van der Waals surface area contributed by atoms with Crippen molar-refractivity contribution in [3.63, 3.8) is 0 Å². The van der Waals surface area contributed by atoms with Gasteiger partial charge in [0.25, 0.3) is 0 Å². The molecular formula is C12H15NO2. The van der Waals surface area contributed by atoms with Crippen LogP contribution >= 0.6 is 0 Å². The first kappa shape index (κ1) is 11.4. The molecule has 1 amide bonds. The maximum absolute atomic E-state index is 11.6. The van der Waals surface area contributed by atoms with Crippen molar-refractivity contribution < 1.29 is 9.59 Å². The lowest BCUT2D eigenvalue weighted by Gasteiger charge is -2.01. The minimum Gasteiger partial charge on any atom is -0.356 e. The summed E-state index contributed by atoms with van der Waals surface area (Å²) in [5.74, 6) is -0.0522. The fraction of sp³-hybridized carbons (Fsp3) is 0.333. The van der Waals surface area contributed by atoms with Gasteiger partial charge in [-0.25, -0.2) is 0 Å². The van der Waals surface area contributed by atoms with Gasteiger partial charge in [0.15, 0.2) is 5.78 Å². The number of nitrogens with one attached hydrogen (secondary N) is 1. The number of carbonyl (C=O) groups excluding carboxylic acids is 2. The lowest BCUT2D eigenvalue weighted by Crippen LogP contribution is -2.23. The average Bonchev–Trinajstić information content (AvgIpc) is 2.27. The fourth-order valence-corrected chi connectivity index (χ4v) is 1.28. The molecule has 1 rings (SSSR count). The predicted molar refractivity (Wildman–Crippen MR) is 58.7 cm³/mol. The summed E-state index contributed by atoms with van der Waals surface area (Å²) in [4.78, 5) is 22.7. The average molecular weight is 205 g/mol. The van der Waals surface area contributed by atoms with Crippen LogP contribution in [0, 0.1) is 0 Å². The van der Waals surface area contributed by atoms with Crippen molar-refractivity contribution in [2.75, 3.05) is 6.54 Å². The SMILES string of the molecule is CCNC(=O)CCC(=O)c1ccccc1. The summed E-state index contributed by atoms with van der Waals surface area (Å²) >= 11 is 0. The number of ketones is 1. The third-order valence-electron chi connectivity index (χ3n) is 2.05. The summed E-state index contributed by atoms with van der Waals surface area (Å²) in [6.45, 7) is 2.47. The zero-order valence-corrected chi connectivity index (χ0v) is 8.82. The van der Waals surface area contributed by atoms with Crippen molar-refractivity contribution in [1.82, 2.24) is 5.32 Å². The van der Waals surface area contributed by atoms with E-state index < -0.39 is 0 Å². The van der Waals surface area contributed by atoms with Crippen LogP contribution in [-0.2, 0) is 4.79 Å². The molecule has 0 spiro atoms. The Hall–Kier alpha value is -1.64. The Morgan fingerprint density at radius 3 is 2.40 bits per heavy atom. The van der Waals surface area contributed by atoms with Crippen LogP contribution in [0.15, 0.2) is 30.3 Å². The minimum atomic E-state index is -0.0678. The van der Waals surface area contributed by atoms with E-state index in [1.54, 1.807) is 12.1 Å². The molecule has 0 aliphatic rings. The van der Waals surface area contributed by atoms with Gasteiger partial charge in [-0.05, 0) is 6.92 Å².